The molecule has 0 radical (unpaired) electrons. The van der Waals surface area contributed by atoms with Crippen LogP contribution < -0.4 is 4.90 Å². The molecule has 0 saturated carbocycles. The van der Waals surface area contributed by atoms with Gasteiger partial charge in [0.2, 0.25) is 5.91 Å². The summed E-state index contributed by atoms with van der Waals surface area (Å²) in [4.78, 5) is 19.9. The summed E-state index contributed by atoms with van der Waals surface area (Å²) in [6, 6.07) is 12.7. The van der Waals surface area contributed by atoms with Crippen LogP contribution in [0.25, 0.3) is 0 Å². The number of rotatable bonds is 4. The number of hydrogen-bond acceptors (Lipinski definition) is 3. The van der Waals surface area contributed by atoms with Crippen molar-refractivity contribution < 1.29 is 9.18 Å². The minimum atomic E-state index is -0.211. The third-order valence-corrected chi connectivity index (χ3v) is 6.51. The number of anilines is 1. The highest BCUT2D eigenvalue weighted by Crippen LogP contribution is 2.26. The Morgan fingerprint density at radius 3 is 2.53 bits per heavy atom. The molecule has 2 aliphatic heterocycles. The van der Waals surface area contributed by atoms with Gasteiger partial charge in [0.1, 0.15) is 5.82 Å². The van der Waals surface area contributed by atoms with Gasteiger partial charge in [-0.05, 0) is 61.7 Å². The van der Waals surface area contributed by atoms with Crippen LogP contribution in [-0.2, 0) is 11.3 Å². The minimum Gasteiger partial charge on any atom is -0.368 e. The van der Waals surface area contributed by atoms with Crippen molar-refractivity contribution in [3.63, 3.8) is 0 Å². The maximum atomic E-state index is 13.2. The number of carbonyl (C=O) groups excluding carboxylic acids is 1. The number of piperazine rings is 1. The van der Waals surface area contributed by atoms with Crippen LogP contribution in [0.15, 0.2) is 42.5 Å². The predicted octanol–water partition coefficient (Wildman–Crippen LogP) is 4.35. The van der Waals surface area contributed by atoms with E-state index in [0.29, 0.717) is 0 Å². The van der Waals surface area contributed by atoms with E-state index in [1.54, 1.807) is 0 Å². The summed E-state index contributed by atoms with van der Waals surface area (Å²) in [5, 5.41) is 0.748. The molecule has 2 aliphatic rings. The molecule has 0 spiro atoms. The van der Waals surface area contributed by atoms with Crippen LogP contribution in [0.5, 0.6) is 0 Å². The second-order valence-electron chi connectivity index (χ2n) is 8.44. The topological polar surface area (TPSA) is 26.8 Å². The number of piperidine rings is 1. The van der Waals surface area contributed by atoms with E-state index in [1.807, 2.05) is 35.2 Å². The van der Waals surface area contributed by atoms with E-state index in [1.165, 1.54) is 17.7 Å². The van der Waals surface area contributed by atoms with Crippen molar-refractivity contribution in [2.24, 2.45) is 5.92 Å². The molecule has 1 atom stereocenters. The molecule has 1 amide bonds. The summed E-state index contributed by atoms with van der Waals surface area (Å²) < 4.78 is 13.1. The van der Waals surface area contributed by atoms with Crippen LogP contribution in [0.1, 0.15) is 24.0 Å². The quantitative estimate of drug-likeness (QED) is 0.723. The zero-order chi connectivity index (χ0) is 21.1. The smallest absolute Gasteiger partial charge is 0.227 e. The maximum absolute atomic E-state index is 13.2. The third kappa shape index (κ3) is 4.96. The van der Waals surface area contributed by atoms with Gasteiger partial charge in [0.25, 0.3) is 0 Å². The highest BCUT2D eigenvalue weighted by Gasteiger charge is 2.31. The lowest BCUT2D eigenvalue weighted by Gasteiger charge is -2.40. The highest BCUT2D eigenvalue weighted by atomic mass is 35.5. The van der Waals surface area contributed by atoms with Crippen LogP contribution in [0.2, 0.25) is 5.02 Å². The molecule has 0 aromatic heterocycles. The number of likely N-dealkylation sites (tertiary alicyclic amines) is 1. The van der Waals surface area contributed by atoms with Crippen molar-refractivity contribution in [3.8, 4) is 0 Å². The lowest BCUT2D eigenvalue weighted by molar-refractivity contribution is -0.137. The Kier molecular flexibility index (Phi) is 6.59. The first-order valence-electron chi connectivity index (χ1n) is 10.8. The van der Waals surface area contributed by atoms with Crippen molar-refractivity contribution >= 4 is 23.2 Å². The fraction of sp³-hybridized carbons (Fsp3) is 0.458. The summed E-state index contributed by atoms with van der Waals surface area (Å²) in [5.41, 5.74) is 3.47. The Morgan fingerprint density at radius 1 is 1.07 bits per heavy atom. The van der Waals surface area contributed by atoms with Crippen molar-refractivity contribution in [1.82, 2.24) is 9.80 Å². The molecule has 2 heterocycles. The number of nitrogens with zero attached hydrogens (tertiary/aromatic N) is 3. The summed E-state index contributed by atoms with van der Waals surface area (Å²) in [6.07, 6.45) is 1.98. The molecule has 30 heavy (non-hydrogen) atoms. The van der Waals surface area contributed by atoms with Crippen molar-refractivity contribution in [2.75, 3.05) is 44.2 Å². The van der Waals surface area contributed by atoms with Crippen LogP contribution in [0, 0.1) is 18.7 Å². The van der Waals surface area contributed by atoms with Crippen molar-refractivity contribution in [3.05, 3.63) is 64.4 Å². The summed E-state index contributed by atoms with van der Waals surface area (Å²) >= 11 is 6.18. The molecule has 0 N–H and O–H groups in total. The van der Waals surface area contributed by atoms with Gasteiger partial charge in [0.05, 0.1) is 5.92 Å². The van der Waals surface area contributed by atoms with E-state index in [2.05, 4.69) is 16.7 Å². The largest absolute Gasteiger partial charge is 0.368 e. The van der Waals surface area contributed by atoms with E-state index in [-0.39, 0.29) is 17.6 Å². The molecule has 0 bridgehead atoms. The molecule has 2 fully saturated rings. The molecule has 0 aliphatic carbocycles. The number of carbonyl (C=O) groups is 1. The zero-order valence-electron chi connectivity index (χ0n) is 17.5. The fourth-order valence-electron chi connectivity index (χ4n) is 4.60. The fourth-order valence-corrected chi connectivity index (χ4v) is 4.76. The predicted molar refractivity (Wildman–Crippen MR) is 119 cm³/mol. The van der Waals surface area contributed by atoms with Gasteiger partial charge in [0, 0.05) is 50.0 Å². The van der Waals surface area contributed by atoms with Gasteiger partial charge in [-0.3, -0.25) is 9.69 Å². The lowest BCUT2D eigenvalue weighted by Crippen LogP contribution is -2.52. The van der Waals surface area contributed by atoms with Crippen molar-refractivity contribution in [1.29, 1.82) is 0 Å². The van der Waals surface area contributed by atoms with E-state index in [4.69, 9.17) is 11.6 Å². The van der Waals surface area contributed by atoms with E-state index >= 15 is 0 Å². The van der Waals surface area contributed by atoms with Crippen molar-refractivity contribution in [2.45, 2.75) is 26.3 Å². The minimum absolute atomic E-state index is 0.0543. The SMILES string of the molecule is Cc1ccc(Cl)cc1N1CCN(C(=O)C2CCCN(Cc3ccc(F)cc3)C2)CC1. The van der Waals surface area contributed by atoms with Gasteiger partial charge < -0.3 is 9.80 Å². The second kappa shape index (κ2) is 9.36. The molecule has 2 saturated heterocycles. The molecular formula is C24H29ClFN3O. The first-order chi connectivity index (χ1) is 14.5. The average Bonchev–Trinajstić information content (AvgIpc) is 2.77. The Balaban J connectivity index is 1.32. The Bertz CT molecular complexity index is 881. The molecule has 2 aromatic carbocycles. The second-order valence-corrected chi connectivity index (χ2v) is 8.88. The normalized spacial score (nSPS) is 20.4. The van der Waals surface area contributed by atoms with Gasteiger partial charge in [0.15, 0.2) is 0 Å². The third-order valence-electron chi connectivity index (χ3n) is 6.28. The van der Waals surface area contributed by atoms with Crippen LogP contribution in [0.4, 0.5) is 10.1 Å². The first kappa shape index (κ1) is 21.1. The van der Waals surface area contributed by atoms with E-state index < -0.39 is 0 Å². The molecule has 4 nitrogen and oxygen atoms in total. The molecule has 4 rings (SSSR count). The van der Waals surface area contributed by atoms with E-state index in [0.717, 1.165) is 74.9 Å². The summed E-state index contributed by atoms with van der Waals surface area (Å²) in [5.74, 6) is 0.123. The van der Waals surface area contributed by atoms with Crippen LogP contribution >= 0.6 is 11.6 Å². The number of aryl methyl sites for hydroxylation is 1. The molecular weight excluding hydrogens is 401 g/mol. The Morgan fingerprint density at radius 2 is 1.80 bits per heavy atom. The number of halogens is 2. The highest BCUT2D eigenvalue weighted by molar-refractivity contribution is 6.30. The summed E-state index contributed by atoms with van der Waals surface area (Å²) in [7, 11) is 0. The molecule has 160 valence electrons. The number of amides is 1. The zero-order valence-corrected chi connectivity index (χ0v) is 18.2. The standard InChI is InChI=1S/C24H29ClFN3O/c1-18-4-7-21(25)15-23(18)28-11-13-29(14-12-28)24(30)20-3-2-10-27(17-20)16-19-5-8-22(26)9-6-19/h4-9,15,20H,2-3,10-14,16-17H2,1H3. The molecule has 1 unspecified atom stereocenters. The maximum Gasteiger partial charge on any atom is 0.227 e. The number of benzene rings is 2. The van der Waals surface area contributed by atoms with Crippen LogP contribution in [-0.4, -0.2) is 55.0 Å². The molecule has 6 heteroatoms. The van der Waals surface area contributed by atoms with Gasteiger partial charge in [-0.15, -0.1) is 0 Å². The van der Waals surface area contributed by atoms with Gasteiger partial charge in [-0.25, -0.2) is 4.39 Å². The monoisotopic (exact) mass is 429 g/mol. The Labute approximate surface area is 183 Å². The number of hydrogen-bond donors (Lipinski definition) is 0. The van der Waals surface area contributed by atoms with E-state index in [9.17, 15) is 9.18 Å². The van der Waals surface area contributed by atoms with Gasteiger partial charge >= 0.3 is 0 Å². The average molecular weight is 430 g/mol. The van der Waals surface area contributed by atoms with Gasteiger partial charge in [-0.2, -0.15) is 0 Å². The summed E-state index contributed by atoms with van der Waals surface area (Å²) in [6.45, 7) is 7.80. The van der Waals surface area contributed by atoms with Crippen LogP contribution in [0.3, 0.4) is 0 Å². The first-order valence-corrected chi connectivity index (χ1v) is 11.1. The van der Waals surface area contributed by atoms with Gasteiger partial charge in [-0.1, -0.05) is 29.8 Å². The lowest BCUT2D eigenvalue weighted by atomic mass is 9.95. The molecule has 2 aromatic rings. The Hall–Kier alpha value is -2.11.